The highest BCUT2D eigenvalue weighted by molar-refractivity contribution is 8.03. The van der Waals surface area contributed by atoms with Gasteiger partial charge in [-0.15, -0.1) is 0 Å². The normalized spacial score (nSPS) is 19.3. The average molecular weight is 290 g/mol. The monoisotopic (exact) mass is 290 g/mol. The molecule has 0 N–H and O–H groups in total. The van der Waals surface area contributed by atoms with Crippen molar-refractivity contribution < 1.29 is 0 Å². The van der Waals surface area contributed by atoms with E-state index in [1.165, 1.54) is 31.7 Å². The Bertz CT molecular complexity index is 819. The predicted octanol–water partition coefficient (Wildman–Crippen LogP) is 5.89. The van der Waals surface area contributed by atoms with Gasteiger partial charge in [-0.1, -0.05) is 74.2 Å². The van der Waals surface area contributed by atoms with Crippen LogP contribution in [0.15, 0.2) is 76.1 Å². The zero-order valence-corrected chi connectivity index (χ0v) is 13.2. The van der Waals surface area contributed by atoms with Gasteiger partial charge in [0.25, 0.3) is 0 Å². The molecule has 0 unspecified atom stereocenters. The molecule has 0 amide bonds. The molecule has 0 fully saturated rings. The van der Waals surface area contributed by atoms with Crippen molar-refractivity contribution in [1.82, 2.24) is 0 Å². The number of allylic oxidation sites excluding steroid dienone is 5. The quantitative estimate of drug-likeness (QED) is 0.582. The molecule has 0 aromatic heterocycles. The third-order valence-electron chi connectivity index (χ3n) is 4.22. The van der Waals surface area contributed by atoms with Crippen molar-refractivity contribution in [3.8, 4) is 0 Å². The first-order chi connectivity index (χ1) is 10.1. The number of fused-ring (bicyclic) bond motifs is 4. The van der Waals surface area contributed by atoms with Crippen LogP contribution in [-0.2, 0) is 6.42 Å². The summed E-state index contributed by atoms with van der Waals surface area (Å²) in [4.78, 5) is 2.81. The van der Waals surface area contributed by atoms with Gasteiger partial charge in [0, 0.05) is 21.6 Å². The standard InChI is InChI=1S/C20H18S/c1-20(2)11-5-8-18-15(13-20)12-17-16-7-4-3-6-14(16)9-10-19(17)21-18/h3-11,13H,12H2,1-2H3. The first-order valence-corrected chi connectivity index (χ1v) is 8.24. The van der Waals surface area contributed by atoms with Crippen LogP contribution in [0.2, 0.25) is 0 Å². The van der Waals surface area contributed by atoms with Crippen LogP contribution in [0.1, 0.15) is 19.4 Å². The van der Waals surface area contributed by atoms with Crippen molar-refractivity contribution in [3.63, 3.8) is 0 Å². The molecule has 0 nitrogen and oxygen atoms in total. The van der Waals surface area contributed by atoms with Crippen LogP contribution in [0.4, 0.5) is 0 Å². The lowest BCUT2D eigenvalue weighted by Gasteiger charge is -2.24. The summed E-state index contributed by atoms with van der Waals surface area (Å²) in [6, 6.07) is 13.2. The Morgan fingerprint density at radius 1 is 1.05 bits per heavy atom. The third kappa shape index (κ3) is 2.26. The first-order valence-electron chi connectivity index (χ1n) is 7.42. The molecule has 0 radical (unpaired) electrons. The molecule has 0 atom stereocenters. The van der Waals surface area contributed by atoms with Crippen LogP contribution in [0, 0.1) is 5.41 Å². The van der Waals surface area contributed by atoms with Gasteiger partial charge in [0.05, 0.1) is 0 Å². The third-order valence-corrected chi connectivity index (χ3v) is 5.44. The van der Waals surface area contributed by atoms with E-state index in [1.54, 1.807) is 0 Å². The number of hydrogen-bond donors (Lipinski definition) is 0. The van der Waals surface area contributed by atoms with Crippen LogP contribution < -0.4 is 0 Å². The van der Waals surface area contributed by atoms with E-state index in [4.69, 9.17) is 0 Å². The Hall–Kier alpha value is -1.73. The number of benzene rings is 2. The Morgan fingerprint density at radius 2 is 1.90 bits per heavy atom. The van der Waals surface area contributed by atoms with E-state index in [0.717, 1.165) is 6.42 Å². The molecule has 104 valence electrons. The van der Waals surface area contributed by atoms with Crippen molar-refractivity contribution in [3.05, 3.63) is 76.7 Å². The average Bonchev–Trinajstić information content (AvgIpc) is 2.61. The van der Waals surface area contributed by atoms with Gasteiger partial charge < -0.3 is 0 Å². The van der Waals surface area contributed by atoms with Crippen LogP contribution in [0.5, 0.6) is 0 Å². The molecular weight excluding hydrogens is 272 g/mol. The Balaban J connectivity index is 1.91. The maximum absolute atomic E-state index is 2.43. The molecule has 2 aromatic carbocycles. The molecule has 2 aromatic rings. The lowest BCUT2D eigenvalue weighted by atomic mass is 9.89. The minimum Gasteiger partial charge on any atom is -0.0895 e. The van der Waals surface area contributed by atoms with Crippen molar-refractivity contribution in [2.24, 2.45) is 5.41 Å². The fourth-order valence-corrected chi connectivity index (χ4v) is 4.29. The molecule has 21 heavy (non-hydrogen) atoms. The van der Waals surface area contributed by atoms with E-state index >= 15 is 0 Å². The van der Waals surface area contributed by atoms with Crippen molar-refractivity contribution in [2.45, 2.75) is 25.2 Å². The molecule has 1 aliphatic carbocycles. The lowest BCUT2D eigenvalue weighted by molar-refractivity contribution is 0.621. The van der Waals surface area contributed by atoms with E-state index in [1.807, 2.05) is 11.8 Å². The van der Waals surface area contributed by atoms with E-state index in [9.17, 15) is 0 Å². The van der Waals surface area contributed by atoms with E-state index < -0.39 is 0 Å². The van der Waals surface area contributed by atoms with Gasteiger partial charge in [-0.25, -0.2) is 0 Å². The Labute approximate surface area is 130 Å². The summed E-state index contributed by atoms with van der Waals surface area (Å²) < 4.78 is 0. The molecule has 0 bridgehead atoms. The van der Waals surface area contributed by atoms with Crippen molar-refractivity contribution in [2.75, 3.05) is 0 Å². The summed E-state index contributed by atoms with van der Waals surface area (Å²) in [6.45, 7) is 4.55. The van der Waals surface area contributed by atoms with Crippen molar-refractivity contribution in [1.29, 1.82) is 0 Å². The van der Waals surface area contributed by atoms with Gasteiger partial charge in [-0.2, -0.15) is 0 Å². The van der Waals surface area contributed by atoms with E-state index in [-0.39, 0.29) is 5.41 Å². The Morgan fingerprint density at radius 3 is 2.81 bits per heavy atom. The van der Waals surface area contributed by atoms with Gasteiger partial charge >= 0.3 is 0 Å². The van der Waals surface area contributed by atoms with Crippen molar-refractivity contribution >= 4 is 22.5 Å². The topological polar surface area (TPSA) is 0 Å². The van der Waals surface area contributed by atoms with Gasteiger partial charge in [0.1, 0.15) is 0 Å². The first kappa shape index (κ1) is 13.0. The number of hydrogen-bond acceptors (Lipinski definition) is 1. The predicted molar refractivity (Wildman–Crippen MR) is 92.6 cm³/mol. The highest BCUT2D eigenvalue weighted by atomic mass is 32.2. The maximum atomic E-state index is 2.43. The second-order valence-electron chi connectivity index (χ2n) is 6.42. The summed E-state index contributed by atoms with van der Waals surface area (Å²) in [5, 5.41) is 2.74. The zero-order chi connectivity index (χ0) is 14.4. The molecule has 0 saturated heterocycles. The molecule has 1 aliphatic heterocycles. The van der Waals surface area contributed by atoms with Crippen LogP contribution >= 0.6 is 11.8 Å². The largest absolute Gasteiger partial charge is 0.0895 e. The number of thioether (sulfide) groups is 1. The van der Waals surface area contributed by atoms with Gasteiger partial charge in [0.2, 0.25) is 0 Å². The van der Waals surface area contributed by atoms with Crippen LogP contribution in [0.3, 0.4) is 0 Å². The molecule has 1 heteroatoms. The van der Waals surface area contributed by atoms with Crippen LogP contribution in [0.25, 0.3) is 10.8 Å². The van der Waals surface area contributed by atoms with Gasteiger partial charge in [-0.3, -0.25) is 0 Å². The molecule has 0 spiro atoms. The lowest BCUT2D eigenvalue weighted by Crippen LogP contribution is -2.07. The molecular formula is C20H18S. The van der Waals surface area contributed by atoms with Gasteiger partial charge in [-0.05, 0) is 34.1 Å². The second-order valence-corrected chi connectivity index (χ2v) is 7.51. The van der Waals surface area contributed by atoms with E-state index in [0.29, 0.717) is 0 Å². The highest BCUT2D eigenvalue weighted by Crippen LogP contribution is 2.45. The van der Waals surface area contributed by atoms with Gasteiger partial charge in [0.15, 0.2) is 0 Å². The summed E-state index contributed by atoms with van der Waals surface area (Å²) >= 11 is 1.91. The molecule has 4 rings (SSSR count). The maximum Gasteiger partial charge on any atom is 0.0164 e. The van der Waals surface area contributed by atoms with Crippen LogP contribution in [-0.4, -0.2) is 0 Å². The summed E-state index contributed by atoms with van der Waals surface area (Å²) in [5.41, 5.74) is 3.09. The zero-order valence-electron chi connectivity index (χ0n) is 12.4. The SMILES string of the molecule is CC1(C)C=CC=C2Sc3ccc4ccccc4c3CC2=C1. The summed E-state index contributed by atoms with van der Waals surface area (Å²) in [6.07, 6.45) is 10.2. The summed E-state index contributed by atoms with van der Waals surface area (Å²) in [7, 11) is 0. The molecule has 1 heterocycles. The smallest absolute Gasteiger partial charge is 0.0164 e. The Kier molecular flexibility index (Phi) is 2.87. The minimum absolute atomic E-state index is 0.135. The number of rotatable bonds is 0. The van der Waals surface area contributed by atoms with E-state index in [2.05, 4.69) is 74.5 Å². The molecule has 2 aliphatic rings. The summed E-state index contributed by atoms with van der Waals surface area (Å²) in [5.74, 6) is 0. The fraction of sp³-hybridized carbons (Fsp3) is 0.200. The minimum atomic E-state index is 0.135. The fourth-order valence-electron chi connectivity index (χ4n) is 3.20. The highest BCUT2D eigenvalue weighted by Gasteiger charge is 2.23. The molecule has 0 saturated carbocycles. The second kappa shape index (κ2) is 4.64.